The monoisotopic (exact) mass is 394 g/mol. The van der Waals surface area contributed by atoms with Crippen molar-refractivity contribution in [2.24, 2.45) is 0 Å². The van der Waals surface area contributed by atoms with Gasteiger partial charge in [-0.1, -0.05) is 12.1 Å². The third kappa shape index (κ3) is 3.57. The molecule has 1 N–H and O–H groups in total. The van der Waals surface area contributed by atoms with Gasteiger partial charge in [0.25, 0.3) is 10.0 Å². The quantitative estimate of drug-likeness (QED) is 0.864. The molecule has 0 atom stereocenters. The van der Waals surface area contributed by atoms with E-state index in [-0.39, 0.29) is 10.6 Å². The summed E-state index contributed by atoms with van der Waals surface area (Å²) in [6, 6.07) is 10.2. The van der Waals surface area contributed by atoms with Gasteiger partial charge in [-0.15, -0.1) is 0 Å². The smallest absolute Gasteiger partial charge is 0.262 e. The maximum atomic E-state index is 12.7. The molecule has 0 spiro atoms. The summed E-state index contributed by atoms with van der Waals surface area (Å²) in [7, 11) is -6.99. The number of nitrogens with one attached hydrogen (secondary N) is 1. The number of hydrogen-bond acceptors (Lipinski definition) is 4. The second-order valence-electron chi connectivity index (χ2n) is 6.62. The van der Waals surface area contributed by atoms with Crippen molar-refractivity contribution >= 4 is 31.4 Å². The first kappa shape index (κ1) is 18.7. The van der Waals surface area contributed by atoms with E-state index in [1.807, 2.05) is 13.0 Å². The molecule has 0 aliphatic carbocycles. The standard InChI is InChI=1S/C18H22N2O4S2/c1-13-5-6-14(2)18(11-13)26(23,24)19-16-7-8-17(15(3)12-16)20-9-4-10-25(20,21)22/h5-8,11-12,19H,4,9-10H2,1-3H3. The normalized spacial score (nSPS) is 16.7. The van der Waals surface area contributed by atoms with E-state index in [9.17, 15) is 16.8 Å². The summed E-state index contributed by atoms with van der Waals surface area (Å²) in [6.45, 7) is 5.82. The molecular weight excluding hydrogens is 372 g/mol. The molecule has 8 heteroatoms. The maximum absolute atomic E-state index is 12.7. The summed E-state index contributed by atoms with van der Waals surface area (Å²) in [5, 5.41) is 0. The van der Waals surface area contributed by atoms with Crippen LogP contribution in [0.1, 0.15) is 23.1 Å². The van der Waals surface area contributed by atoms with E-state index < -0.39 is 20.0 Å². The number of rotatable bonds is 4. The van der Waals surface area contributed by atoms with Crippen molar-refractivity contribution < 1.29 is 16.8 Å². The summed E-state index contributed by atoms with van der Waals surface area (Å²) in [5.41, 5.74) is 3.24. The highest BCUT2D eigenvalue weighted by molar-refractivity contribution is 7.93. The Hall–Kier alpha value is -2.06. The first-order valence-corrected chi connectivity index (χ1v) is 11.4. The Morgan fingerprint density at radius 3 is 2.35 bits per heavy atom. The van der Waals surface area contributed by atoms with Crippen LogP contribution >= 0.6 is 0 Å². The molecule has 2 aromatic carbocycles. The molecule has 1 fully saturated rings. The van der Waals surface area contributed by atoms with Crippen molar-refractivity contribution in [3.63, 3.8) is 0 Å². The third-order valence-electron chi connectivity index (χ3n) is 4.45. The van der Waals surface area contributed by atoms with Crippen molar-refractivity contribution in [2.45, 2.75) is 32.1 Å². The topological polar surface area (TPSA) is 83.6 Å². The summed E-state index contributed by atoms with van der Waals surface area (Å²) < 4.78 is 53.6. The minimum absolute atomic E-state index is 0.146. The molecule has 1 aliphatic heterocycles. The Morgan fingerprint density at radius 1 is 1.00 bits per heavy atom. The highest BCUT2D eigenvalue weighted by atomic mass is 32.2. The lowest BCUT2D eigenvalue weighted by Crippen LogP contribution is -2.25. The van der Waals surface area contributed by atoms with Crippen molar-refractivity contribution in [1.82, 2.24) is 0 Å². The summed E-state index contributed by atoms with van der Waals surface area (Å²) >= 11 is 0. The van der Waals surface area contributed by atoms with Crippen molar-refractivity contribution in [3.05, 3.63) is 53.1 Å². The number of nitrogens with zero attached hydrogens (tertiary/aromatic N) is 1. The van der Waals surface area contributed by atoms with Crippen LogP contribution in [0.15, 0.2) is 41.3 Å². The van der Waals surface area contributed by atoms with Crippen molar-refractivity contribution in [2.75, 3.05) is 21.3 Å². The molecule has 0 unspecified atom stereocenters. The number of anilines is 2. The lowest BCUT2D eigenvalue weighted by atomic mass is 10.2. The van der Waals surface area contributed by atoms with Crippen molar-refractivity contribution in [3.8, 4) is 0 Å². The van der Waals surface area contributed by atoms with E-state index in [0.717, 1.165) is 5.56 Å². The second-order valence-corrected chi connectivity index (χ2v) is 10.3. The molecule has 1 heterocycles. The van der Waals surface area contributed by atoms with Crippen LogP contribution in [0, 0.1) is 20.8 Å². The van der Waals surface area contributed by atoms with E-state index in [1.165, 1.54) is 4.31 Å². The van der Waals surface area contributed by atoms with Gasteiger partial charge in [0.2, 0.25) is 10.0 Å². The maximum Gasteiger partial charge on any atom is 0.262 e. The van der Waals surface area contributed by atoms with Crippen LogP contribution in [0.3, 0.4) is 0 Å². The summed E-state index contributed by atoms with van der Waals surface area (Å²) in [4.78, 5) is 0.237. The summed E-state index contributed by atoms with van der Waals surface area (Å²) in [6.07, 6.45) is 0.600. The fraction of sp³-hybridized carbons (Fsp3) is 0.333. The Morgan fingerprint density at radius 2 is 1.73 bits per heavy atom. The van der Waals surface area contributed by atoms with Crippen LogP contribution < -0.4 is 9.03 Å². The number of aryl methyl sites for hydroxylation is 3. The third-order valence-corrected chi connectivity index (χ3v) is 7.83. The molecule has 0 bridgehead atoms. The molecule has 3 rings (SSSR count). The zero-order valence-electron chi connectivity index (χ0n) is 15.0. The molecule has 140 valence electrons. The zero-order chi connectivity index (χ0) is 19.1. The van der Waals surface area contributed by atoms with E-state index in [0.29, 0.717) is 35.5 Å². The van der Waals surface area contributed by atoms with Crippen molar-refractivity contribution in [1.29, 1.82) is 0 Å². The molecule has 0 saturated carbocycles. The van der Waals surface area contributed by atoms with Gasteiger partial charge in [-0.3, -0.25) is 9.03 Å². The van der Waals surface area contributed by atoms with Gasteiger partial charge in [-0.2, -0.15) is 0 Å². The first-order chi connectivity index (χ1) is 12.1. The fourth-order valence-corrected chi connectivity index (χ4v) is 6.12. The lowest BCUT2D eigenvalue weighted by molar-refractivity contribution is 0.598. The second kappa shape index (κ2) is 6.59. The Labute approximate surface area is 155 Å². The van der Waals surface area contributed by atoms with Gasteiger partial charge in [-0.25, -0.2) is 16.8 Å². The van der Waals surface area contributed by atoms with Gasteiger partial charge in [0.1, 0.15) is 0 Å². The van der Waals surface area contributed by atoms with E-state index in [2.05, 4.69) is 4.72 Å². The van der Waals surface area contributed by atoms with Gasteiger partial charge < -0.3 is 0 Å². The largest absolute Gasteiger partial charge is 0.280 e. The van der Waals surface area contributed by atoms with E-state index >= 15 is 0 Å². The highest BCUT2D eigenvalue weighted by Gasteiger charge is 2.29. The van der Waals surface area contributed by atoms with Crippen LogP contribution in [0.4, 0.5) is 11.4 Å². The number of sulfonamides is 2. The number of benzene rings is 2. The lowest BCUT2D eigenvalue weighted by Gasteiger charge is -2.20. The van der Waals surface area contributed by atoms with Gasteiger partial charge in [0.15, 0.2) is 0 Å². The highest BCUT2D eigenvalue weighted by Crippen LogP contribution is 2.30. The van der Waals surface area contributed by atoms with Gasteiger partial charge >= 0.3 is 0 Å². The van der Waals surface area contributed by atoms with Gasteiger partial charge in [0.05, 0.1) is 16.3 Å². The molecule has 26 heavy (non-hydrogen) atoms. The Kier molecular flexibility index (Phi) is 4.74. The van der Waals surface area contributed by atoms with Crippen LogP contribution in [0.2, 0.25) is 0 Å². The molecule has 0 amide bonds. The Bertz CT molecular complexity index is 1060. The van der Waals surface area contributed by atoms with Crippen LogP contribution in [0.5, 0.6) is 0 Å². The molecule has 6 nitrogen and oxygen atoms in total. The Balaban J connectivity index is 1.92. The van der Waals surface area contributed by atoms with E-state index in [1.54, 1.807) is 44.2 Å². The molecule has 0 radical (unpaired) electrons. The van der Waals surface area contributed by atoms with Gasteiger partial charge in [-0.05, 0) is 68.1 Å². The van der Waals surface area contributed by atoms with Crippen LogP contribution in [0.25, 0.3) is 0 Å². The molecule has 2 aromatic rings. The predicted octanol–water partition coefficient (Wildman–Crippen LogP) is 2.95. The predicted molar refractivity (Wildman–Crippen MR) is 104 cm³/mol. The first-order valence-electron chi connectivity index (χ1n) is 8.31. The molecule has 1 aliphatic rings. The molecule has 1 saturated heterocycles. The summed E-state index contributed by atoms with van der Waals surface area (Å²) in [5.74, 6) is 0.146. The minimum Gasteiger partial charge on any atom is -0.280 e. The number of hydrogen-bond donors (Lipinski definition) is 1. The average molecular weight is 395 g/mol. The molecular formula is C18H22N2O4S2. The van der Waals surface area contributed by atoms with Crippen LogP contribution in [-0.2, 0) is 20.0 Å². The fourth-order valence-electron chi connectivity index (χ4n) is 3.12. The van der Waals surface area contributed by atoms with Crippen LogP contribution in [-0.4, -0.2) is 29.1 Å². The zero-order valence-corrected chi connectivity index (χ0v) is 16.6. The SMILES string of the molecule is Cc1ccc(C)c(S(=O)(=O)Nc2ccc(N3CCCS3(=O)=O)c(C)c2)c1. The van der Waals surface area contributed by atoms with E-state index in [4.69, 9.17) is 0 Å². The average Bonchev–Trinajstić information content (AvgIpc) is 2.88. The van der Waals surface area contributed by atoms with Gasteiger partial charge in [0, 0.05) is 12.2 Å². The molecule has 0 aromatic heterocycles. The minimum atomic E-state index is -3.72.